The fraction of sp³-hybridized carbons (Fsp3) is 0. The van der Waals surface area contributed by atoms with Gasteiger partial charge in [0.15, 0.2) is 0 Å². The molecule has 0 amide bonds. The molecule has 0 heterocycles. The molecule has 0 fully saturated rings. The van der Waals surface area contributed by atoms with Crippen molar-refractivity contribution in [1.29, 1.82) is 0 Å². The van der Waals surface area contributed by atoms with Gasteiger partial charge in [-0.3, -0.25) is 0 Å². The zero-order valence-electron chi connectivity index (χ0n) is 9.58. The van der Waals surface area contributed by atoms with E-state index in [-0.39, 0.29) is 0 Å². The predicted octanol–water partition coefficient (Wildman–Crippen LogP) is 8.57. The molecule has 0 aromatic heterocycles. The van der Waals surface area contributed by atoms with Gasteiger partial charge in [-0.1, -0.05) is 63.7 Å². The van der Waals surface area contributed by atoms with E-state index in [1.807, 2.05) is 24.3 Å². The van der Waals surface area contributed by atoms with Crippen molar-refractivity contribution in [3.63, 3.8) is 0 Å². The minimum Gasteiger partial charge on any atom is -0.0501 e. The number of halogens is 6. The van der Waals surface area contributed by atoms with Crippen molar-refractivity contribution < 1.29 is 0 Å². The van der Waals surface area contributed by atoms with E-state index in [0.717, 1.165) is 48.4 Å². The third-order valence-electron chi connectivity index (χ3n) is 3.09. The average Bonchev–Trinajstić information content (AvgIpc) is 2.41. The minimum absolute atomic E-state index is 1.05. The lowest BCUT2D eigenvalue weighted by Gasteiger charge is -2.15. The van der Waals surface area contributed by atoms with Gasteiger partial charge in [0.1, 0.15) is 0 Å². The molecule has 0 saturated heterocycles. The van der Waals surface area contributed by atoms with Crippen LogP contribution in [0.15, 0.2) is 51.1 Å². The van der Waals surface area contributed by atoms with E-state index in [4.69, 9.17) is 0 Å². The third kappa shape index (κ3) is 2.38. The highest BCUT2D eigenvalue weighted by Gasteiger charge is 2.18. The molecule has 0 radical (unpaired) electrons. The topological polar surface area (TPSA) is 0 Å². The van der Waals surface area contributed by atoms with Gasteiger partial charge in [-0.2, -0.15) is 0 Å². The van der Waals surface area contributed by atoms with Crippen molar-refractivity contribution in [3.05, 3.63) is 51.1 Å². The quantitative estimate of drug-likeness (QED) is 0.214. The number of hydrogen-bond donors (Lipinski definition) is 0. The third-order valence-corrected chi connectivity index (χ3v) is 7.31. The Labute approximate surface area is 166 Å². The van der Waals surface area contributed by atoms with Gasteiger partial charge in [-0.05, 0) is 56.1 Å². The normalized spacial score (nSPS) is 11.5. The van der Waals surface area contributed by atoms with Crippen LogP contribution in [0.2, 0.25) is 0 Å². The second-order valence-electron chi connectivity index (χ2n) is 4.19. The maximum Gasteiger partial charge on any atom is 0.0356 e. The summed E-state index contributed by atoms with van der Waals surface area (Å²) in [7, 11) is 0. The van der Waals surface area contributed by atoms with Crippen LogP contribution in [0.5, 0.6) is 0 Å². The van der Waals surface area contributed by atoms with E-state index in [2.05, 4.69) is 95.6 Å². The summed E-state index contributed by atoms with van der Waals surface area (Å²) in [5.41, 5.74) is 0. The Morgan fingerprint density at radius 3 is 0.800 bits per heavy atom. The van der Waals surface area contributed by atoms with Crippen LogP contribution in [0, 0.1) is 0 Å². The molecule has 102 valence electrons. The van der Waals surface area contributed by atoms with Gasteiger partial charge in [0, 0.05) is 48.4 Å². The number of hydrogen-bond acceptors (Lipinski definition) is 0. The van der Waals surface area contributed by atoms with Crippen molar-refractivity contribution in [1.82, 2.24) is 0 Å². The van der Waals surface area contributed by atoms with Gasteiger partial charge >= 0.3 is 0 Å². The molecule has 0 atom stereocenters. The van der Waals surface area contributed by atoms with E-state index in [1.54, 1.807) is 0 Å². The summed E-state index contributed by atoms with van der Waals surface area (Å²) in [6.07, 6.45) is 0. The van der Waals surface area contributed by atoms with Gasteiger partial charge in [-0.25, -0.2) is 0 Å². The smallest absolute Gasteiger partial charge is 0.0356 e. The van der Waals surface area contributed by atoms with Crippen LogP contribution in [0.3, 0.4) is 0 Å². The number of fused-ring (bicyclic) bond motifs is 2. The Kier molecular flexibility index (Phi) is 4.72. The second-order valence-corrected chi connectivity index (χ2v) is 9.19. The van der Waals surface area contributed by atoms with Gasteiger partial charge in [-0.15, -0.1) is 0 Å². The molecular weight excluding hydrogens is 648 g/mol. The first-order valence-corrected chi connectivity index (χ1v) is 10.2. The van der Waals surface area contributed by atoms with Crippen LogP contribution < -0.4 is 0 Å². The molecule has 0 unspecified atom stereocenters. The molecule has 0 saturated carbocycles. The molecule has 0 nitrogen and oxygen atoms in total. The molecule has 0 aliphatic rings. The number of rotatable bonds is 0. The standard InChI is InChI=1S/C14H4Br6/c15-5-1-2-6(16)10-9(5)13(19)11-7(17)3-4-8(18)12(11)14(10)20/h1-4H. The summed E-state index contributed by atoms with van der Waals surface area (Å²) >= 11 is 22.1. The van der Waals surface area contributed by atoms with Crippen LogP contribution in [-0.4, -0.2) is 0 Å². The average molecular weight is 652 g/mol. The second kappa shape index (κ2) is 5.93. The molecule has 6 heteroatoms. The largest absolute Gasteiger partial charge is 0.0501 e. The maximum absolute atomic E-state index is 3.76. The van der Waals surface area contributed by atoms with Gasteiger partial charge < -0.3 is 0 Å². The van der Waals surface area contributed by atoms with Crippen molar-refractivity contribution in [3.8, 4) is 0 Å². The van der Waals surface area contributed by atoms with E-state index < -0.39 is 0 Å². The van der Waals surface area contributed by atoms with E-state index in [9.17, 15) is 0 Å². The molecular formula is C14H4Br6. The van der Waals surface area contributed by atoms with Gasteiger partial charge in [0.25, 0.3) is 0 Å². The fourth-order valence-electron chi connectivity index (χ4n) is 2.21. The summed E-state index contributed by atoms with van der Waals surface area (Å²) in [5.74, 6) is 0. The van der Waals surface area contributed by atoms with E-state index >= 15 is 0 Å². The lowest BCUT2D eigenvalue weighted by Crippen LogP contribution is -1.88. The summed E-state index contributed by atoms with van der Waals surface area (Å²) in [6.45, 7) is 0. The minimum atomic E-state index is 1.05. The first kappa shape index (κ1) is 15.9. The zero-order valence-corrected chi connectivity index (χ0v) is 19.1. The zero-order chi connectivity index (χ0) is 14.6. The van der Waals surface area contributed by atoms with Gasteiger partial charge in [0.2, 0.25) is 0 Å². The van der Waals surface area contributed by atoms with Crippen molar-refractivity contribution in [2.75, 3.05) is 0 Å². The van der Waals surface area contributed by atoms with Crippen LogP contribution in [0.1, 0.15) is 0 Å². The Bertz CT molecular complexity index is 728. The lowest BCUT2D eigenvalue weighted by molar-refractivity contribution is 1.62. The molecule has 0 bridgehead atoms. The van der Waals surface area contributed by atoms with Crippen molar-refractivity contribution >= 4 is 117 Å². The summed E-state index contributed by atoms with van der Waals surface area (Å²) in [5, 5.41) is 4.55. The molecule has 0 N–H and O–H groups in total. The highest BCUT2D eigenvalue weighted by Crippen LogP contribution is 2.48. The van der Waals surface area contributed by atoms with Crippen molar-refractivity contribution in [2.24, 2.45) is 0 Å². The molecule has 3 rings (SSSR count). The molecule has 0 spiro atoms. The Hall–Kier alpha value is 1.06. The molecule has 3 aromatic rings. The molecule has 20 heavy (non-hydrogen) atoms. The SMILES string of the molecule is Brc1ccc(Br)c2c(Br)c3c(Br)ccc(Br)c3c(Br)c12. The fourth-order valence-corrected chi connectivity index (χ4v) is 7.04. The van der Waals surface area contributed by atoms with Crippen LogP contribution >= 0.6 is 95.6 Å². The molecule has 3 aromatic carbocycles. The highest BCUT2D eigenvalue weighted by atomic mass is 79.9. The van der Waals surface area contributed by atoms with Crippen LogP contribution in [0.25, 0.3) is 21.5 Å². The van der Waals surface area contributed by atoms with E-state index in [1.165, 1.54) is 0 Å². The van der Waals surface area contributed by atoms with Crippen LogP contribution in [-0.2, 0) is 0 Å². The first-order chi connectivity index (χ1) is 9.43. The van der Waals surface area contributed by atoms with E-state index in [0.29, 0.717) is 0 Å². The maximum atomic E-state index is 3.76. The Morgan fingerprint density at radius 1 is 0.400 bits per heavy atom. The summed E-state index contributed by atoms with van der Waals surface area (Å²) < 4.78 is 6.34. The first-order valence-electron chi connectivity index (χ1n) is 5.46. The van der Waals surface area contributed by atoms with Gasteiger partial charge in [0.05, 0.1) is 0 Å². The number of benzene rings is 3. The monoisotopic (exact) mass is 646 g/mol. The van der Waals surface area contributed by atoms with Crippen molar-refractivity contribution in [2.45, 2.75) is 0 Å². The Balaban J connectivity index is 2.77. The lowest BCUT2D eigenvalue weighted by atomic mass is 10.0. The highest BCUT2D eigenvalue weighted by molar-refractivity contribution is 9.12. The summed E-state index contributed by atoms with van der Waals surface area (Å²) in [4.78, 5) is 0. The Morgan fingerprint density at radius 2 is 0.600 bits per heavy atom. The summed E-state index contributed by atoms with van der Waals surface area (Å²) in [6, 6.07) is 8.17. The van der Waals surface area contributed by atoms with Crippen LogP contribution in [0.4, 0.5) is 0 Å². The predicted molar refractivity (Wildman–Crippen MR) is 108 cm³/mol. The molecule has 0 aliphatic heterocycles. The molecule has 0 aliphatic carbocycles.